The predicted octanol–water partition coefficient (Wildman–Crippen LogP) is 2.86. The van der Waals surface area contributed by atoms with Crippen molar-refractivity contribution in [3.63, 3.8) is 0 Å². The van der Waals surface area contributed by atoms with E-state index >= 15 is 0 Å². The van der Waals surface area contributed by atoms with Gasteiger partial charge in [-0.2, -0.15) is 0 Å². The number of fused-ring (bicyclic) bond motifs is 1. The number of rotatable bonds is 4. The zero-order valence-electron chi connectivity index (χ0n) is 13.7. The fourth-order valence-corrected chi connectivity index (χ4v) is 3.98. The van der Waals surface area contributed by atoms with Crippen LogP contribution in [-0.2, 0) is 6.42 Å². The molecule has 1 aromatic carbocycles. The van der Waals surface area contributed by atoms with Gasteiger partial charge >= 0.3 is 0 Å². The zero-order valence-corrected chi connectivity index (χ0v) is 13.7. The van der Waals surface area contributed by atoms with E-state index in [1.165, 1.54) is 24.2 Å². The Morgan fingerprint density at radius 2 is 1.95 bits per heavy atom. The highest BCUT2D eigenvalue weighted by Gasteiger charge is 2.40. The third-order valence-electron chi connectivity index (χ3n) is 5.41. The van der Waals surface area contributed by atoms with Crippen LogP contribution >= 0.6 is 0 Å². The largest absolute Gasteiger partial charge is 0.497 e. The molecule has 116 valence electrons. The molecule has 1 aliphatic carbocycles. The van der Waals surface area contributed by atoms with Gasteiger partial charge in [-0.3, -0.25) is 4.90 Å². The van der Waals surface area contributed by atoms with Crippen molar-refractivity contribution < 1.29 is 4.74 Å². The summed E-state index contributed by atoms with van der Waals surface area (Å²) in [5.74, 6) is 2.59. The fourth-order valence-electron chi connectivity index (χ4n) is 3.98. The van der Waals surface area contributed by atoms with Crippen LogP contribution in [0.25, 0.3) is 0 Å². The van der Waals surface area contributed by atoms with Gasteiger partial charge in [0.05, 0.1) is 7.11 Å². The maximum absolute atomic E-state index is 5.42. The Morgan fingerprint density at radius 3 is 2.57 bits per heavy atom. The van der Waals surface area contributed by atoms with E-state index in [1.54, 1.807) is 7.11 Å². The van der Waals surface area contributed by atoms with E-state index in [2.05, 4.69) is 49.2 Å². The molecule has 1 aromatic rings. The third kappa shape index (κ3) is 2.69. The summed E-state index contributed by atoms with van der Waals surface area (Å²) < 4.78 is 5.42. The summed E-state index contributed by atoms with van der Waals surface area (Å²) in [5, 5.41) is 3.71. The first kappa shape index (κ1) is 14.9. The first-order chi connectivity index (χ1) is 10.1. The molecule has 1 aliphatic heterocycles. The number of nitrogens with zero attached hydrogens (tertiary/aromatic N) is 1. The summed E-state index contributed by atoms with van der Waals surface area (Å²) in [4.78, 5) is 2.70. The van der Waals surface area contributed by atoms with Gasteiger partial charge in [-0.05, 0) is 48.1 Å². The molecule has 1 heterocycles. The normalized spacial score (nSPS) is 32.4. The molecular weight excluding hydrogens is 260 g/mol. The summed E-state index contributed by atoms with van der Waals surface area (Å²) in [5.41, 5.74) is 2.92. The van der Waals surface area contributed by atoms with E-state index in [4.69, 9.17) is 4.74 Å². The van der Waals surface area contributed by atoms with Gasteiger partial charge in [0.15, 0.2) is 0 Å². The Labute approximate surface area is 128 Å². The van der Waals surface area contributed by atoms with Crippen molar-refractivity contribution in [3.05, 3.63) is 29.3 Å². The van der Waals surface area contributed by atoms with Crippen LogP contribution in [0.15, 0.2) is 18.2 Å². The summed E-state index contributed by atoms with van der Waals surface area (Å²) in [6.07, 6.45) is 1.16. The van der Waals surface area contributed by atoms with Crippen LogP contribution in [0.1, 0.15) is 37.9 Å². The highest BCUT2D eigenvalue weighted by molar-refractivity contribution is 5.43. The van der Waals surface area contributed by atoms with Crippen molar-refractivity contribution in [2.45, 2.75) is 39.3 Å². The van der Waals surface area contributed by atoms with Crippen LogP contribution in [0.3, 0.4) is 0 Å². The molecule has 4 unspecified atom stereocenters. The third-order valence-corrected chi connectivity index (χ3v) is 5.41. The molecule has 3 rings (SSSR count). The Balaban J connectivity index is 1.86. The van der Waals surface area contributed by atoms with Gasteiger partial charge in [-0.15, -0.1) is 0 Å². The standard InChI is InChI=1S/C18H28N2O/c1-5-19-18-16-9-15(21-4)7-6-14(16)8-17(18)20-10-12(2)13(3)11-20/h6-7,9,12-13,17-19H,5,8,10-11H2,1-4H3. The molecule has 0 bridgehead atoms. The van der Waals surface area contributed by atoms with Crippen LogP contribution < -0.4 is 10.1 Å². The van der Waals surface area contributed by atoms with Crippen molar-refractivity contribution in [1.29, 1.82) is 0 Å². The molecule has 21 heavy (non-hydrogen) atoms. The maximum atomic E-state index is 5.42. The number of hydrogen-bond acceptors (Lipinski definition) is 3. The number of nitrogens with one attached hydrogen (secondary N) is 1. The van der Waals surface area contributed by atoms with Crippen LogP contribution in [-0.4, -0.2) is 37.7 Å². The molecule has 4 atom stereocenters. The molecule has 0 aromatic heterocycles. The van der Waals surface area contributed by atoms with Crippen molar-refractivity contribution in [2.24, 2.45) is 11.8 Å². The van der Waals surface area contributed by atoms with Gasteiger partial charge in [-0.25, -0.2) is 0 Å². The molecule has 1 fully saturated rings. The Kier molecular flexibility index (Phi) is 4.23. The minimum absolute atomic E-state index is 0.442. The van der Waals surface area contributed by atoms with E-state index in [9.17, 15) is 0 Å². The molecule has 0 amide bonds. The second kappa shape index (κ2) is 5.98. The molecule has 0 radical (unpaired) electrons. The lowest BCUT2D eigenvalue weighted by atomic mass is 10.0. The summed E-state index contributed by atoms with van der Waals surface area (Å²) in [7, 11) is 1.75. The minimum atomic E-state index is 0.442. The Hall–Kier alpha value is -1.06. The van der Waals surface area contributed by atoms with Crippen molar-refractivity contribution >= 4 is 0 Å². The maximum Gasteiger partial charge on any atom is 0.119 e. The molecule has 0 saturated carbocycles. The number of hydrogen-bond donors (Lipinski definition) is 1. The van der Waals surface area contributed by atoms with Crippen molar-refractivity contribution in [2.75, 3.05) is 26.7 Å². The number of benzene rings is 1. The first-order valence-corrected chi connectivity index (χ1v) is 8.28. The topological polar surface area (TPSA) is 24.5 Å². The number of likely N-dealkylation sites (tertiary alicyclic amines) is 1. The molecular formula is C18H28N2O. The van der Waals surface area contributed by atoms with Gasteiger partial charge in [0, 0.05) is 25.2 Å². The lowest BCUT2D eigenvalue weighted by Gasteiger charge is -2.30. The second-order valence-electron chi connectivity index (χ2n) is 6.78. The van der Waals surface area contributed by atoms with Gasteiger partial charge in [0.2, 0.25) is 0 Å². The first-order valence-electron chi connectivity index (χ1n) is 8.28. The van der Waals surface area contributed by atoms with Gasteiger partial charge in [0.25, 0.3) is 0 Å². The lowest BCUT2D eigenvalue weighted by Crippen LogP contribution is -2.42. The summed E-state index contributed by atoms with van der Waals surface area (Å²) in [6, 6.07) is 7.61. The van der Waals surface area contributed by atoms with Crippen LogP contribution in [0.5, 0.6) is 5.75 Å². The number of methoxy groups -OCH3 is 1. The Bertz CT molecular complexity index is 492. The molecule has 1 saturated heterocycles. The van der Waals surface area contributed by atoms with Crippen LogP contribution in [0, 0.1) is 11.8 Å². The Morgan fingerprint density at radius 1 is 1.24 bits per heavy atom. The second-order valence-corrected chi connectivity index (χ2v) is 6.78. The zero-order chi connectivity index (χ0) is 15.0. The van der Waals surface area contributed by atoms with E-state index in [-0.39, 0.29) is 0 Å². The number of ether oxygens (including phenoxy) is 1. The van der Waals surface area contributed by atoms with E-state index < -0.39 is 0 Å². The molecule has 1 N–H and O–H groups in total. The van der Waals surface area contributed by atoms with Gasteiger partial charge in [-0.1, -0.05) is 26.8 Å². The lowest BCUT2D eigenvalue weighted by molar-refractivity contribution is 0.196. The van der Waals surface area contributed by atoms with Gasteiger partial charge < -0.3 is 10.1 Å². The monoisotopic (exact) mass is 288 g/mol. The number of likely N-dealkylation sites (N-methyl/N-ethyl adjacent to an activating group) is 1. The fraction of sp³-hybridized carbons (Fsp3) is 0.667. The quantitative estimate of drug-likeness (QED) is 0.922. The summed E-state index contributed by atoms with van der Waals surface area (Å²) in [6.45, 7) is 10.5. The van der Waals surface area contributed by atoms with E-state index in [0.717, 1.165) is 30.6 Å². The average Bonchev–Trinajstić information content (AvgIpc) is 3.00. The molecule has 3 nitrogen and oxygen atoms in total. The van der Waals surface area contributed by atoms with Crippen LogP contribution in [0.4, 0.5) is 0 Å². The smallest absolute Gasteiger partial charge is 0.119 e. The average molecular weight is 288 g/mol. The SMILES string of the molecule is CCNC1c2cc(OC)ccc2CC1N1CC(C)C(C)C1. The van der Waals surface area contributed by atoms with E-state index in [1.807, 2.05) is 0 Å². The molecule has 2 aliphatic rings. The predicted molar refractivity (Wildman–Crippen MR) is 86.8 cm³/mol. The van der Waals surface area contributed by atoms with Crippen molar-refractivity contribution in [3.8, 4) is 5.75 Å². The summed E-state index contributed by atoms with van der Waals surface area (Å²) >= 11 is 0. The minimum Gasteiger partial charge on any atom is -0.497 e. The molecule has 0 spiro atoms. The van der Waals surface area contributed by atoms with Gasteiger partial charge in [0.1, 0.15) is 5.75 Å². The van der Waals surface area contributed by atoms with Crippen LogP contribution in [0.2, 0.25) is 0 Å². The highest BCUT2D eigenvalue weighted by atomic mass is 16.5. The highest BCUT2D eigenvalue weighted by Crippen LogP contribution is 2.39. The van der Waals surface area contributed by atoms with Crippen molar-refractivity contribution in [1.82, 2.24) is 10.2 Å². The molecule has 3 heteroatoms. The van der Waals surface area contributed by atoms with E-state index in [0.29, 0.717) is 12.1 Å².